The number of aromatic amines is 2. The summed E-state index contributed by atoms with van der Waals surface area (Å²) < 4.78 is 7.47. The van der Waals surface area contributed by atoms with Gasteiger partial charge >= 0.3 is 5.69 Å². The van der Waals surface area contributed by atoms with Gasteiger partial charge in [0.05, 0.1) is 18.8 Å². The molecule has 0 bridgehead atoms. The summed E-state index contributed by atoms with van der Waals surface area (Å²) in [6, 6.07) is 12.3. The maximum atomic E-state index is 12.8. The first-order valence-electron chi connectivity index (χ1n) is 9.74. The molecule has 8 nitrogen and oxygen atoms in total. The first-order valence-corrected chi connectivity index (χ1v) is 10.8. The van der Waals surface area contributed by atoms with Gasteiger partial charge in [-0.3, -0.25) is 9.78 Å². The molecule has 1 aliphatic heterocycles. The summed E-state index contributed by atoms with van der Waals surface area (Å²) in [5.74, 6) is 0.369. The molecule has 1 atom stereocenters. The number of ether oxygens (including phenoxy) is 1. The minimum absolute atomic E-state index is 0.0950. The molecule has 2 aromatic heterocycles. The van der Waals surface area contributed by atoms with Gasteiger partial charge < -0.3 is 20.1 Å². The number of nitrogens with zero attached hydrogens (tertiary/aromatic N) is 1. The van der Waals surface area contributed by atoms with Crippen LogP contribution in [0.15, 0.2) is 52.1 Å². The Morgan fingerprint density at radius 1 is 1.13 bits per heavy atom. The Morgan fingerprint density at radius 3 is 2.65 bits per heavy atom. The van der Waals surface area contributed by atoms with Crippen molar-refractivity contribution in [2.45, 2.75) is 12.5 Å². The number of aromatic nitrogens is 3. The van der Waals surface area contributed by atoms with Crippen molar-refractivity contribution in [1.82, 2.24) is 19.9 Å². The second-order valence-electron chi connectivity index (χ2n) is 7.37. The third-order valence-corrected chi connectivity index (χ3v) is 6.37. The summed E-state index contributed by atoms with van der Waals surface area (Å²) in [6.07, 6.45) is 0.758. The number of benzene rings is 2. The van der Waals surface area contributed by atoms with Crippen molar-refractivity contribution in [3.05, 3.63) is 83.7 Å². The van der Waals surface area contributed by atoms with Gasteiger partial charge in [0.1, 0.15) is 11.3 Å². The monoisotopic (exact) mass is 530 g/mol. The van der Waals surface area contributed by atoms with Crippen molar-refractivity contribution in [2.75, 3.05) is 13.7 Å². The zero-order valence-corrected chi connectivity index (χ0v) is 18.7. The van der Waals surface area contributed by atoms with Crippen LogP contribution in [0.25, 0.3) is 16.6 Å². The number of aromatic hydroxyl groups is 1. The summed E-state index contributed by atoms with van der Waals surface area (Å²) in [6.45, 7) is 0.614. The third-order valence-electron chi connectivity index (χ3n) is 5.65. The number of fused-ring (bicyclic) bond motifs is 3. The van der Waals surface area contributed by atoms with Crippen LogP contribution in [0.1, 0.15) is 22.9 Å². The molecule has 31 heavy (non-hydrogen) atoms. The lowest BCUT2D eigenvalue weighted by atomic mass is 9.95. The van der Waals surface area contributed by atoms with E-state index in [0.717, 1.165) is 42.5 Å². The van der Waals surface area contributed by atoms with Crippen LogP contribution in [-0.4, -0.2) is 33.3 Å². The second-order valence-corrected chi connectivity index (χ2v) is 8.62. The second kappa shape index (κ2) is 7.57. The molecule has 4 N–H and O–H groups in total. The minimum Gasteiger partial charge on any atom is -0.497 e. The normalized spacial score (nSPS) is 15.7. The fourth-order valence-electron chi connectivity index (χ4n) is 4.21. The summed E-state index contributed by atoms with van der Waals surface area (Å²) >= 11 is 2.16. The summed E-state index contributed by atoms with van der Waals surface area (Å²) in [4.78, 5) is 31.1. The average Bonchev–Trinajstić information content (AvgIpc) is 3.13. The van der Waals surface area contributed by atoms with Crippen molar-refractivity contribution in [1.29, 1.82) is 0 Å². The maximum Gasteiger partial charge on any atom is 0.335 e. The molecule has 9 heteroatoms. The maximum absolute atomic E-state index is 12.8. The standard InChI is InChI=1S/C22H19IN4O4/c1-31-13-6-7-16-15(10-13)14-8-9-24-19(18(14)25-16)17-20(28)26-22(30)27(21(17)29)12-4-2-11(23)3-5-12/h2-7,10,19,24-25,29H,8-9H2,1H3,(H,26,28,30). The zero-order chi connectivity index (χ0) is 21.7. The topological polar surface area (TPSA) is 112 Å². The molecule has 1 unspecified atom stereocenters. The Hall–Kier alpha value is -3.05. The van der Waals surface area contributed by atoms with E-state index in [2.05, 4.69) is 37.9 Å². The fraction of sp³-hybridized carbons (Fsp3) is 0.182. The van der Waals surface area contributed by atoms with Crippen LogP contribution in [-0.2, 0) is 6.42 Å². The Balaban J connectivity index is 1.72. The van der Waals surface area contributed by atoms with Crippen LogP contribution in [0.2, 0.25) is 0 Å². The number of methoxy groups -OCH3 is 1. The average molecular weight is 530 g/mol. The highest BCUT2D eigenvalue weighted by molar-refractivity contribution is 14.1. The fourth-order valence-corrected chi connectivity index (χ4v) is 4.57. The Bertz CT molecular complexity index is 1420. The summed E-state index contributed by atoms with van der Waals surface area (Å²) in [5, 5.41) is 15.4. The minimum atomic E-state index is -0.690. The van der Waals surface area contributed by atoms with Crippen molar-refractivity contribution in [3.63, 3.8) is 0 Å². The highest BCUT2D eigenvalue weighted by Crippen LogP contribution is 2.36. The number of rotatable bonds is 3. The predicted octanol–water partition coefficient (Wildman–Crippen LogP) is 2.56. The van der Waals surface area contributed by atoms with Crippen molar-refractivity contribution >= 4 is 33.5 Å². The van der Waals surface area contributed by atoms with E-state index in [4.69, 9.17) is 4.74 Å². The van der Waals surface area contributed by atoms with E-state index in [0.29, 0.717) is 12.2 Å². The van der Waals surface area contributed by atoms with E-state index in [-0.39, 0.29) is 11.4 Å². The lowest BCUT2D eigenvalue weighted by molar-refractivity contribution is 0.409. The van der Waals surface area contributed by atoms with E-state index in [1.807, 2.05) is 30.3 Å². The Labute approximate surface area is 190 Å². The van der Waals surface area contributed by atoms with Crippen LogP contribution >= 0.6 is 22.6 Å². The SMILES string of the molecule is COc1ccc2[nH]c3c(c2c1)CCNC3c1c(O)n(-c2ccc(I)cc2)c(=O)[nH]c1=O. The van der Waals surface area contributed by atoms with Gasteiger partial charge in [0, 0.05) is 26.7 Å². The van der Waals surface area contributed by atoms with Gasteiger partial charge in [-0.15, -0.1) is 0 Å². The molecule has 0 saturated heterocycles. The van der Waals surface area contributed by atoms with Crippen molar-refractivity contribution < 1.29 is 9.84 Å². The Morgan fingerprint density at radius 2 is 1.90 bits per heavy atom. The molecule has 1 aliphatic rings. The number of nitrogens with one attached hydrogen (secondary N) is 3. The lowest BCUT2D eigenvalue weighted by Crippen LogP contribution is -2.38. The molecule has 3 heterocycles. The largest absolute Gasteiger partial charge is 0.497 e. The molecular weight excluding hydrogens is 511 g/mol. The number of hydrogen-bond donors (Lipinski definition) is 4. The predicted molar refractivity (Wildman–Crippen MR) is 125 cm³/mol. The van der Waals surface area contributed by atoms with Gasteiger partial charge in [0.2, 0.25) is 5.88 Å². The van der Waals surface area contributed by atoms with Crippen LogP contribution in [0.4, 0.5) is 0 Å². The van der Waals surface area contributed by atoms with E-state index < -0.39 is 17.3 Å². The van der Waals surface area contributed by atoms with Crippen molar-refractivity contribution in [3.8, 4) is 17.3 Å². The molecule has 0 amide bonds. The first-order chi connectivity index (χ1) is 15.0. The van der Waals surface area contributed by atoms with Crippen molar-refractivity contribution in [2.24, 2.45) is 0 Å². The summed E-state index contributed by atoms with van der Waals surface area (Å²) in [5.41, 5.74) is 2.03. The van der Waals surface area contributed by atoms with Gasteiger partial charge in [-0.1, -0.05) is 0 Å². The van der Waals surface area contributed by atoms with E-state index >= 15 is 0 Å². The molecule has 2 aromatic carbocycles. The van der Waals surface area contributed by atoms with Gasteiger partial charge in [0.25, 0.3) is 5.56 Å². The highest BCUT2D eigenvalue weighted by atomic mass is 127. The first kappa shape index (κ1) is 19.9. The molecule has 0 radical (unpaired) electrons. The van der Waals surface area contributed by atoms with Crippen LogP contribution in [0.3, 0.4) is 0 Å². The quantitative estimate of drug-likeness (QED) is 0.305. The van der Waals surface area contributed by atoms with Crippen LogP contribution < -0.4 is 21.3 Å². The molecular formula is C22H19IN4O4. The molecule has 0 saturated carbocycles. The van der Waals surface area contributed by atoms with Crippen LogP contribution in [0, 0.1) is 3.57 Å². The molecule has 4 aromatic rings. The highest BCUT2D eigenvalue weighted by Gasteiger charge is 2.31. The summed E-state index contributed by atoms with van der Waals surface area (Å²) in [7, 11) is 1.62. The van der Waals surface area contributed by atoms with Gasteiger partial charge in [-0.2, -0.15) is 0 Å². The number of halogens is 1. The van der Waals surface area contributed by atoms with Gasteiger partial charge in [-0.05, 0) is 77.0 Å². The smallest absolute Gasteiger partial charge is 0.335 e. The van der Waals surface area contributed by atoms with E-state index in [1.54, 1.807) is 19.2 Å². The lowest BCUT2D eigenvalue weighted by Gasteiger charge is -2.25. The van der Waals surface area contributed by atoms with E-state index in [9.17, 15) is 14.7 Å². The molecule has 5 rings (SSSR count). The zero-order valence-electron chi connectivity index (χ0n) is 16.5. The van der Waals surface area contributed by atoms with E-state index in [1.165, 1.54) is 0 Å². The molecule has 0 spiro atoms. The third kappa shape index (κ3) is 3.24. The van der Waals surface area contributed by atoms with Gasteiger partial charge in [0.15, 0.2) is 0 Å². The molecule has 0 aliphatic carbocycles. The van der Waals surface area contributed by atoms with Crippen LogP contribution in [0.5, 0.6) is 11.6 Å². The van der Waals surface area contributed by atoms with Gasteiger partial charge in [-0.25, -0.2) is 9.36 Å². The molecule has 158 valence electrons. The number of hydrogen-bond acceptors (Lipinski definition) is 5. The number of H-pyrrole nitrogens is 2. The Kier molecular flexibility index (Phi) is 4.86. The molecule has 0 fully saturated rings.